The van der Waals surface area contributed by atoms with Crippen LogP contribution in [0.5, 0.6) is 0 Å². The highest BCUT2D eigenvalue weighted by Gasteiger charge is 2.35. The smallest absolute Gasteiger partial charge is 0.225 e. The molecule has 114 valence electrons. The quantitative estimate of drug-likeness (QED) is 0.792. The first kappa shape index (κ1) is 15.3. The average molecular weight is 282 g/mol. The van der Waals surface area contributed by atoms with Crippen LogP contribution in [0.15, 0.2) is 0 Å². The van der Waals surface area contributed by atoms with Gasteiger partial charge in [-0.3, -0.25) is 9.59 Å². The summed E-state index contributed by atoms with van der Waals surface area (Å²) in [4.78, 5) is 25.9. The Hall–Kier alpha value is -1.10. The van der Waals surface area contributed by atoms with Gasteiger partial charge in [0, 0.05) is 26.1 Å². The lowest BCUT2D eigenvalue weighted by molar-refractivity contribution is -0.136. The zero-order valence-corrected chi connectivity index (χ0v) is 12.4. The molecule has 2 amide bonds. The minimum absolute atomic E-state index is 0.0145. The number of likely N-dealkylation sites (tertiary alicyclic amines) is 1. The summed E-state index contributed by atoms with van der Waals surface area (Å²) in [6, 6.07) is 0. The van der Waals surface area contributed by atoms with E-state index in [4.69, 9.17) is 0 Å². The molecule has 0 aromatic rings. The lowest BCUT2D eigenvalue weighted by Gasteiger charge is -2.37. The number of amides is 2. The van der Waals surface area contributed by atoms with Crippen LogP contribution < -0.4 is 5.32 Å². The number of carbonyl (C=O) groups excluding carboxylic acids is 2. The van der Waals surface area contributed by atoms with Crippen LogP contribution in [0.3, 0.4) is 0 Å². The predicted octanol–water partition coefficient (Wildman–Crippen LogP) is 1.06. The summed E-state index contributed by atoms with van der Waals surface area (Å²) in [5.41, 5.74) is -0.679. The second-order valence-corrected chi connectivity index (χ2v) is 6.22. The zero-order chi connectivity index (χ0) is 14.6. The van der Waals surface area contributed by atoms with Crippen LogP contribution in [0.4, 0.5) is 0 Å². The third kappa shape index (κ3) is 3.72. The number of rotatable bonds is 5. The van der Waals surface area contributed by atoms with Gasteiger partial charge in [0.25, 0.3) is 0 Å². The maximum Gasteiger partial charge on any atom is 0.225 e. The fourth-order valence-electron chi connectivity index (χ4n) is 2.95. The van der Waals surface area contributed by atoms with E-state index >= 15 is 0 Å². The minimum atomic E-state index is -0.679. The number of hydrogen-bond donors (Lipinski definition) is 2. The summed E-state index contributed by atoms with van der Waals surface area (Å²) in [5.74, 6) is 0.0233. The normalized spacial score (nSPS) is 24.9. The van der Waals surface area contributed by atoms with Crippen LogP contribution >= 0.6 is 0 Å². The topological polar surface area (TPSA) is 69.6 Å². The van der Waals surface area contributed by atoms with Crippen LogP contribution in [0, 0.1) is 5.92 Å². The first-order valence-electron chi connectivity index (χ1n) is 7.82. The summed E-state index contributed by atoms with van der Waals surface area (Å²) in [5, 5.41) is 12.8. The Morgan fingerprint density at radius 1 is 1.35 bits per heavy atom. The molecule has 2 aliphatic rings. The highest BCUT2D eigenvalue weighted by molar-refractivity contribution is 5.81. The van der Waals surface area contributed by atoms with Crippen molar-refractivity contribution >= 4 is 11.8 Å². The Balaban J connectivity index is 1.78. The number of aliphatic hydroxyl groups is 1. The van der Waals surface area contributed by atoms with Crippen LogP contribution in [-0.2, 0) is 9.59 Å². The van der Waals surface area contributed by atoms with Crippen molar-refractivity contribution in [3.63, 3.8) is 0 Å². The zero-order valence-electron chi connectivity index (χ0n) is 12.4. The Labute approximate surface area is 120 Å². The van der Waals surface area contributed by atoms with Crippen molar-refractivity contribution in [2.75, 3.05) is 19.6 Å². The van der Waals surface area contributed by atoms with E-state index in [0.29, 0.717) is 19.5 Å². The van der Waals surface area contributed by atoms with Crippen molar-refractivity contribution < 1.29 is 14.7 Å². The minimum Gasteiger partial charge on any atom is -0.388 e. The van der Waals surface area contributed by atoms with Gasteiger partial charge in [0.1, 0.15) is 0 Å². The van der Waals surface area contributed by atoms with E-state index in [2.05, 4.69) is 5.32 Å². The highest BCUT2D eigenvalue weighted by Crippen LogP contribution is 2.30. The van der Waals surface area contributed by atoms with E-state index in [-0.39, 0.29) is 17.7 Å². The summed E-state index contributed by atoms with van der Waals surface area (Å²) < 4.78 is 0. The van der Waals surface area contributed by atoms with Crippen molar-refractivity contribution in [3.8, 4) is 0 Å². The average Bonchev–Trinajstić information content (AvgIpc) is 2.43. The lowest BCUT2D eigenvalue weighted by atomic mass is 9.80. The molecule has 1 saturated carbocycles. The molecule has 2 N–H and O–H groups in total. The maximum absolute atomic E-state index is 12.2. The van der Waals surface area contributed by atoms with Crippen LogP contribution in [0.25, 0.3) is 0 Å². The SMILES string of the molecule is CCCC(=O)N1CCCC(C(=O)NCC2(O)CCC2)C1. The Morgan fingerprint density at radius 2 is 2.10 bits per heavy atom. The van der Waals surface area contributed by atoms with Gasteiger partial charge in [-0.15, -0.1) is 0 Å². The van der Waals surface area contributed by atoms with Crippen molar-refractivity contribution in [2.45, 2.75) is 57.5 Å². The third-order valence-corrected chi connectivity index (χ3v) is 4.48. The molecule has 1 atom stereocenters. The molecule has 0 aromatic carbocycles. The van der Waals surface area contributed by atoms with E-state index in [1.165, 1.54) is 0 Å². The highest BCUT2D eigenvalue weighted by atomic mass is 16.3. The van der Waals surface area contributed by atoms with Crippen molar-refractivity contribution in [1.29, 1.82) is 0 Å². The Kier molecular flexibility index (Phi) is 5.02. The fraction of sp³-hybridized carbons (Fsp3) is 0.867. The van der Waals surface area contributed by atoms with Gasteiger partial charge in [0.15, 0.2) is 0 Å². The van der Waals surface area contributed by atoms with E-state index in [1.807, 2.05) is 11.8 Å². The molecule has 5 heteroatoms. The molecule has 5 nitrogen and oxygen atoms in total. The maximum atomic E-state index is 12.2. The summed E-state index contributed by atoms with van der Waals surface area (Å²) in [6.45, 7) is 3.65. The number of piperidine rings is 1. The molecule has 2 fully saturated rings. The van der Waals surface area contributed by atoms with Gasteiger partial charge < -0.3 is 15.3 Å². The summed E-state index contributed by atoms with van der Waals surface area (Å²) in [7, 11) is 0. The molecular formula is C15H26N2O3. The Morgan fingerprint density at radius 3 is 2.70 bits per heavy atom. The molecule has 1 unspecified atom stereocenters. The lowest BCUT2D eigenvalue weighted by Crippen LogP contribution is -2.51. The molecule has 1 aliphatic heterocycles. The predicted molar refractivity (Wildman–Crippen MR) is 76.0 cm³/mol. The standard InChI is InChI=1S/C15H26N2O3/c1-2-5-13(18)17-9-3-6-12(10-17)14(19)16-11-15(20)7-4-8-15/h12,20H,2-11H2,1H3,(H,16,19). The summed E-state index contributed by atoms with van der Waals surface area (Å²) in [6.07, 6.45) is 5.72. The third-order valence-electron chi connectivity index (χ3n) is 4.48. The second-order valence-electron chi connectivity index (χ2n) is 6.22. The molecule has 1 saturated heterocycles. The van der Waals surface area contributed by atoms with Crippen LogP contribution in [-0.4, -0.2) is 47.1 Å². The number of carbonyl (C=O) groups is 2. The summed E-state index contributed by atoms with van der Waals surface area (Å²) >= 11 is 0. The first-order chi connectivity index (χ1) is 9.54. The van der Waals surface area contributed by atoms with Crippen molar-refractivity contribution in [1.82, 2.24) is 10.2 Å². The van der Waals surface area contributed by atoms with Gasteiger partial charge >= 0.3 is 0 Å². The monoisotopic (exact) mass is 282 g/mol. The first-order valence-corrected chi connectivity index (χ1v) is 7.82. The number of nitrogens with zero attached hydrogens (tertiary/aromatic N) is 1. The molecule has 1 aliphatic carbocycles. The van der Waals surface area contributed by atoms with Crippen LogP contribution in [0.1, 0.15) is 51.9 Å². The Bertz CT molecular complexity index is 366. The molecule has 0 radical (unpaired) electrons. The van der Waals surface area contributed by atoms with Gasteiger partial charge in [-0.25, -0.2) is 0 Å². The van der Waals surface area contributed by atoms with E-state index in [0.717, 1.165) is 45.1 Å². The number of hydrogen-bond acceptors (Lipinski definition) is 3. The molecule has 0 aromatic heterocycles. The van der Waals surface area contributed by atoms with Crippen LogP contribution in [0.2, 0.25) is 0 Å². The van der Waals surface area contributed by atoms with Crippen molar-refractivity contribution in [3.05, 3.63) is 0 Å². The molecule has 0 bridgehead atoms. The molecular weight excluding hydrogens is 256 g/mol. The fourth-order valence-corrected chi connectivity index (χ4v) is 2.95. The van der Waals surface area contributed by atoms with Gasteiger partial charge in [-0.2, -0.15) is 0 Å². The van der Waals surface area contributed by atoms with E-state index in [1.54, 1.807) is 0 Å². The van der Waals surface area contributed by atoms with Gasteiger partial charge in [-0.1, -0.05) is 6.92 Å². The van der Waals surface area contributed by atoms with Crippen molar-refractivity contribution in [2.24, 2.45) is 5.92 Å². The largest absolute Gasteiger partial charge is 0.388 e. The molecule has 1 heterocycles. The number of nitrogens with one attached hydrogen (secondary N) is 1. The van der Waals surface area contributed by atoms with Gasteiger partial charge in [0.2, 0.25) is 11.8 Å². The molecule has 0 spiro atoms. The van der Waals surface area contributed by atoms with Gasteiger partial charge in [0.05, 0.1) is 11.5 Å². The molecule has 20 heavy (non-hydrogen) atoms. The van der Waals surface area contributed by atoms with E-state index < -0.39 is 5.60 Å². The second kappa shape index (κ2) is 6.57. The van der Waals surface area contributed by atoms with E-state index in [9.17, 15) is 14.7 Å². The molecule has 2 rings (SSSR count). The van der Waals surface area contributed by atoms with Gasteiger partial charge in [-0.05, 0) is 38.5 Å².